The molecule has 0 aromatic carbocycles. The molecule has 0 aliphatic carbocycles. The van der Waals surface area contributed by atoms with Crippen LogP contribution in [-0.2, 0) is 11.3 Å². The molecule has 2 aromatic rings. The molecule has 21 heavy (non-hydrogen) atoms. The smallest absolute Gasteiger partial charge is 0.239 e. The summed E-state index contributed by atoms with van der Waals surface area (Å²) in [4.78, 5) is 22.5. The second-order valence-electron chi connectivity index (χ2n) is 4.81. The lowest BCUT2D eigenvalue weighted by Gasteiger charge is -2.20. The fraction of sp³-hybridized carbons (Fsp3) is 0.400. The zero-order chi connectivity index (χ0) is 15.2. The highest BCUT2D eigenvalue weighted by Crippen LogP contribution is 2.21. The van der Waals surface area contributed by atoms with Crippen molar-refractivity contribution in [3.05, 3.63) is 35.5 Å². The zero-order valence-corrected chi connectivity index (χ0v) is 13.4. The highest BCUT2D eigenvalue weighted by molar-refractivity contribution is 7.13. The summed E-state index contributed by atoms with van der Waals surface area (Å²) in [5.74, 6) is 0.0951. The molecule has 1 atom stereocenters. The van der Waals surface area contributed by atoms with E-state index < -0.39 is 0 Å². The summed E-state index contributed by atoms with van der Waals surface area (Å²) in [6.07, 6.45) is 1.76. The summed E-state index contributed by atoms with van der Waals surface area (Å²) in [7, 11) is 1.81. The van der Waals surface area contributed by atoms with E-state index in [1.54, 1.807) is 22.4 Å². The molecule has 2 heterocycles. The third-order valence-electron chi connectivity index (χ3n) is 3.25. The van der Waals surface area contributed by atoms with Crippen molar-refractivity contribution in [2.75, 3.05) is 13.6 Å². The molecule has 0 radical (unpaired) electrons. The van der Waals surface area contributed by atoms with Gasteiger partial charge in [-0.3, -0.25) is 9.78 Å². The number of pyridine rings is 1. The topological polar surface area (TPSA) is 58.1 Å². The van der Waals surface area contributed by atoms with Gasteiger partial charge in [-0.25, -0.2) is 4.98 Å². The maximum Gasteiger partial charge on any atom is 0.239 e. The van der Waals surface area contributed by atoms with Crippen LogP contribution in [0, 0.1) is 0 Å². The maximum atomic E-state index is 12.0. The van der Waals surface area contributed by atoms with E-state index in [1.807, 2.05) is 44.5 Å². The molecular formula is C15H20N4OS. The van der Waals surface area contributed by atoms with Crippen molar-refractivity contribution in [3.63, 3.8) is 0 Å². The van der Waals surface area contributed by atoms with Gasteiger partial charge in [-0.05, 0) is 26.0 Å². The SMILES string of the molecule is CCN(C)C(=O)C(C)NCc1csc(-c2ccccn2)n1. The summed E-state index contributed by atoms with van der Waals surface area (Å²) in [6, 6.07) is 5.56. The first-order chi connectivity index (χ1) is 10.1. The second-order valence-corrected chi connectivity index (χ2v) is 5.67. The molecule has 2 aromatic heterocycles. The van der Waals surface area contributed by atoms with Crippen molar-refractivity contribution < 1.29 is 4.79 Å². The average molecular weight is 304 g/mol. The standard InChI is InChI=1S/C15H20N4OS/c1-4-19(3)15(20)11(2)17-9-12-10-21-14(18-12)13-7-5-6-8-16-13/h5-8,10-11,17H,4,9H2,1-3H3. The molecular weight excluding hydrogens is 284 g/mol. The molecule has 0 aliphatic rings. The number of carbonyl (C=O) groups is 1. The van der Waals surface area contributed by atoms with Crippen LogP contribution in [0.25, 0.3) is 10.7 Å². The van der Waals surface area contributed by atoms with Crippen LogP contribution < -0.4 is 5.32 Å². The molecule has 6 heteroatoms. The lowest BCUT2D eigenvalue weighted by atomic mass is 10.3. The van der Waals surface area contributed by atoms with Gasteiger partial charge in [0.2, 0.25) is 5.91 Å². The fourth-order valence-electron chi connectivity index (χ4n) is 1.83. The van der Waals surface area contributed by atoms with Crippen molar-refractivity contribution in [1.29, 1.82) is 0 Å². The van der Waals surface area contributed by atoms with Crippen molar-refractivity contribution in [1.82, 2.24) is 20.2 Å². The number of likely N-dealkylation sites (N-methyl/N-ethyl adjacent to an activating group) is 1. The first-order valence-electron chi connectivity index (χ1n) is 6.96. The van der Waals surface area contributed by atoms with Crippen molar-refractivity contribution in [2.45, 2.75) is 26.4 Å². The van der Waals surface area contributed by atoms with E-state index in [1.165, 1.54) is 0 Å². The van der Waals surface area contributed by atoms with Crippen LogP contribution in [0.1, 0.15) is 19.5 Å². The third-order valence-corrected chi connectivity index (χ3v) is 4.16. The lowest BCUT2D eigenvalue weighted by molar-refractivity contribution is -0.131. The summed E-state index contributed by atoms with van der Waals surface area (Å²) < 4.78 is 0. The molecule has 5 nitrogen and oxygen atoms in total. The van der Waals surface area contributed by atoms with Crippen LogP contribution in [0.3, 0.4) is 0 Å². The van der Waals surface area contributed by atoms with E-state index in [-0.39, 0.29) is 11.9 Å². The number of hydrogen-bond acceptors (Lipinski definition) is 5. The largest absolute Gasteiger partial charge is 0.345 e. The Morgan fingerprint density at radius 1 is 1.48 bits per heavy atom. The Hall–Kier alpha value is -1.79. The van der Waals surface area contributed by atoms with Gasteiger partial charge in [-0.15, -0.1) is 11.3 Å². The molecule has 112 valence electrons. The Kier molecular flexibility index (Phi) is 5.41. The van der Waals surface area contributed by atoms with Crippen molar-refractivity contribution in [2.24, 2.45) is 0 Å². The second kappa shape index (κ2) is 7.28. The number of thiazole rings is 1. The van der Waals surface area contributed by atoms with Crippen LogP contribution >= 0.6 is 11.3 Å². The van der Waals surface area contributed by atoms with Crippen LogP contribution in [0.2, 0.25) is 0 Å². The van der Waals surface area contributed by atoms with Crippen molar-refractivity contribution in [3.8, 4) is 10.7 Å². The Bertz CT molecular complexity index is 584. The molecule has 0 saturated heterocycles. The van der Waals surface area contributed by atoms with Gasteiger partial charge in [0, 0.05) is 31.7 Å². The molecule has 2 rings (SSSR count). The van der Waals surface area contributed by atoms with Crippen LogP contribution in [-0.4, -0.2) is 40.4 Å². The number of nitrogens with zero attached hydrogens (tertiary/aromatic N) is 3. The van der Waals surface area contributed by atoms with Crippen LogP contribution in [0.5, 0.6) is 0 Å². The van der Waals surface area contributed by atoms with Crippen LogP contribution in [0.4, 0.5) is 0 Å². The average Bonchev–Trinajstić information content (AvgIpc) is 3.01. The molecule has 0 aliphatic heterocycles. The summed E-state index contributed by atoms with van der Waals surface area (Å²) in [6.45, 7) is 5.13. The molecule has 1 N–H and O–H groups in total. The van der Waals surface area contributed by atoms with E-state index in [9.17, 15) is 4.79 Å². The number of aromatic nitrogens is 2. The highest BCUT2D eigenvalue weighted by atomic mass is 32.1. The molecule has 0 saturated carbocycles. The normalized spacial score (nSPS) is 12.1. The summed E-state index contributed by atoms with van der Waals surface area (Å²) in [5.41, 5.74) is 1.81. The van der Waals surface area contributed by atoms with Gasteiger partial charge in [0.1, 0.15) is 5.01 Å². The van der Waals surface area contributed by atoms with Gasteiger partial charge in [0.15, 0.2) is 0 Å². The van der Waals surface area contributed by atoms with Crippen LogP contribution in [0.15, 0.2) is 29.8 Å². The first-order valence-corrected chi connectivity index (χ1v) is 7.84. The van der Waals surface area contributed by atoms with Gasteiger partial charge in [0.05, 0.1) is 17.4 Å². The Balaban J connectivity index is 1.93. The highest BCUT2D eigenvalue weighted by Gasteiger charge is 2.16. The number of rotatable bonds is 6. The predicted octanol–water partition coefficient (Wildman–Crippen LogP) is 2.16. The monoisotopic (exact) mass is 304 g/mol. The van der Waals surface area contributed by atoms with E-state index in [4.69, 9.17) is 0 Å². The fourth-order valence-corrected chi connectivity index (χ4v) is 2.62. The third kappa shape index (κ3) is 4.09. The predicted molar refractivity (Wildman–Crippen MR) is 85.0 cm³/mol. The van der Waals surface area contributed by atoms with E-state index in [0.717, 1.165) is 16.4 Å². The molecule has 0 fully saturated rings. The summed E-state index contributed by atoms with van der Waals surface area (Å²) >= 11 is 1.56. The molecule has 1 amide bonds. The number of carbonyl (C=O) groups excluding carboxylic acids is 1. The molecule has 1 unspecified atom stereocenters. The minimum Gasteiger partial charge on any atom is -0.345 e. The Morgan fingerprint density at radius 3 is 2.95 bits per heavy atom. The van der Waals surface area contributed by atoms with E-state index >= 15 is 0 Å². The van der Waals surface area contributed by atoms with Gasteiger partial charge >= 0.3 is 0 Å². The Morgan fingerprint density at radius 2 is 2.29 bits per heavy atom. The molecule has 0 bridgehead atoms. The van der Waals surface area contributed by atoms with Gasteiger partial charge in [-0.2, -0.15) is 0 Å². The number of hydrogen-bond donors (Lipinski definition) is 1. The first kappa shape index (κ1) is 15.6. The lowest BCUT2D eigenvalue weighted by Crippen LogP contribution is -2.42. The summed E-state index contributed by atoms with van der Waals surface area (Å²) in [5, 5.41) is 6.11. The van der Waals surface area contributed by atoms with E-state index in [0.29, 0.717) is 13.1 Å². The number of amides is 1. The Labute approximate surface area is 129 Å². The van der Waals surface area contributed by atoms with Gasteiger partial charge < -0.3 is 10.2 Å². The quantitative estimate of drug-likeness (QED) is 0.888. The maximum absolute atomic E-state index is 12.0. The van der Waals surface area contributed by atoms with Gasteiger partial charge in [-0.1, -0.05) is 6.07 Å². The molecule has 0 spiro atoms. The van der Waals surface area contributed by atoms with Gasteiger partial charge in [0.25, 0.3) is 0 Å². The zero-order valence-electron chi connectivity index (χ0n) is 12.5. The van der Waals surface area contributed by atoms with Crippen molar-refractivity contribution >= 4 is 17.2 Å². The number of nitrogens with one attached hydrogen (secondary N) is 1. The minimum atomic E-state index is -0.213. The van der Waals surface area contributed by atoms with E-state index in [2.05, 4.69) is 15.3 Å². The minimum absolute atomic E-state index is 0.0951.